The first kappa shape index (κ1) is 11.1. The lowest BCUT2D eigenvalue weighted by Crippen LogP contribution is -2.13. The van der Waals surface area contributed by atoms with Gasteiger partial charge in [0, 0.05) is 12.0 Å². The Labute approximate surface area is 67.1 Å². The Kier molecular flexibility index (Phi) is 3.42. The Morgan fingerprint density at radius 2 is 1.75 bits per heavy atom. The van der Waals surface area contributed by atoms with Crippen LogP contribution in [-0.4, -0.2) is 12.0 Å². The van der Waals surface area contributed by atoms with Crippen LogP contribution in [0.25, 0.3) is 0 Å². The zero-order valence-electron chi connectivity index (χ0n) is 6.63. The highest BCUT2D eigenvalue weighted by Crippen LogP contribution is 2.29. The molecule has 0 aliphatic rings. The number of rotatable bonds is 2. The number of hydrogen-bond donors (Lipinski definition) is 0. The molecule has 1 nitrogen and oxygen atoms in total. The minimum absolute atomic E-state index is 0.130. The third-order valence-electron chi connectivity index (χ3n) is 1.32. The summed E-state index contributed by atoms with van der Waals surface area (Å²) < 4.78 is 47.1. The van der Waals surface area contributed by atoms with Gasteiger partial charge in [-0.2, -0.15) is 13.2 Å². The molecule has 0 N–H and O–H groups in total. The molecule has 0 aromatic rings. The summed E-state index contributed by atoms with van der Waals surface area (Å²) >= 11 is 0. The molecule has 0 fully saturated rings. The van der Waals surface area contributed by atoms with Gasteiger partial charge in [0.15, 0.2) is 5.78 Å². The van der Waals surface area contributed by atoms with Crippen LogP contribution in [0, 0.1) is 0 Å². The van der Waals surface area contributed by atoms with Crippen LogP contribution in [0.3, 0.4) is 0 Å². The average molecular weight is 184 g/mol. The molecule has 0 saturated carbocycles. The van der Waals surface area contributed by atoms with Gasteiger partial charge in [-0.1, -0.05) is 6.92 Å². The summed E-state index contributed by atoms with van der Waals surface area (Å²) in [7, 11) is 0. The van der Waals surface area contributed by atoms with Crippen LogP contribution in [0.15, 0.2) is 11.4 Å². The average Bonchev–Trinajstić information content (AvgIpc) is 1.98. The van der Waals surface area contributed by atoms with Gasteiger partial charge in [-0.3, -0.25) is 4.79 Å². The van der Waals surface area contributed by atoms with Crippen molar-refractivity contribution in [3.8, 4) is 0 Å². The molecule has 0 aliphatic carbocycles. The summed E-state index contributed by atoms with van der Waals surface area (Å²) in [4.78, 5) is 10.6. The summed E-state index contributed by atoms with van der Waals surface area (Å²) in [5.74, 6) is -3.13. The summed E-state index contributed by atoms with van der Waals surface area (Å²) in [5.41, 5.74) is -0.856. The highest BCUT2D eigenvalue weighted by atomic mass is 19.4. The van der Waals surface area contributed by atoms with E-state index in [-0.39, 0.29) is 6.42 Å². The zero-order valence-corrected chi connectivity index (χ0v) is 6.63. The molecule has 70 valence electrons. The van der Waals surface area contributed by atoms with Crippen LogP contribution in [0.1, 0.15) is 20.3 Å². The molecule has 0 heterocycles. The molecule has 0 bridgehead atoms. The van der Waals surface area contributed by atoms with E-state index >= 15 is 0 Å². The quantitative estimate of drug-likeness (QED) is 0.476. The van der Waals surface area contributed by atoms with Gasteiger partial charge in [0.2, 0.25) is 5.83 Å². The smallest absolute Gasteiger partial charge is 0.294 e. The summed E-state index contributed by atoms with van der Waals surface area (Å²) in [6.45, 7) is 2.20. The second-order valence-electron chi connectivity index (χ2n) is 2.21. The molecule has 12 heavy (non-hydrogen) atoms. The van der Waals surface area contributed by atoms with Crippen LogP contribution in [0.2, 0.25) is 0 Å². The van der Waals surface area contributed by atoms with Crippen LogP contribution < -0.4 is 0 Å². The predicted octanol–water partition coefficient (Wildman–Crippen LogP) is 2.77. The number of carbonyl (C=O) groups is 1. The van der Waals surface area contributed by atoms with Gasteiger partial charge >= 0.3 is 6.18 Å². The van der Waals surface area contributed by atoms with Crippen molar-refractivity contribution in [2.45, 2.75) is 26.4 Å². The van der Waals surface area contributed by atoms with E-state index in [1.165, 1.54) is 6.92 Å². The van der Waals surface area contributed by atoms with Crippen LogP contribution in [0.4, 0.5) is 17.6 Å². The number of halogens is 4. The first-order valence-corrected chi connectivity index (χ1v) is 3.27. The fraction of sp³-hybridized carbons (Fsp3) is 0.571. The third kappa shape index (κ3) is 2.64. The van der Waals surface area contributed by atoms with Crippen molar-refractivity contribution in [1.29, 1.82) is 0 Å². The highest BCUT2D eigenvalue weighted by Gasteiger charge is 2.37. The molecule has 0 aliphatic heterocycles. The fourth-order valence-corrected chi connectivity index (χ4v) is 0.600. The summed E-state index contributed by atoms with van der Waals surface area (Å²) in [5, 5.41) is 0. The molecular formula is C7H8F4O. The minimum Gasteiger partial charge on any atom is -0.294 e. The van der Waals surface area contributed by atoms with E-state index in [1.807, 2.05) is 0 Å². The minimum atomic E-state index is -5.05. The first-order valence-electron chi connectivity index (χ1n) is 3.27. The molecule has 0 radical (unpaired) electrons. The maximum absolute atomic E-state index is 12.3. The second-order valence-corrected chi connectivity index (χ2v) is 2.21. The Hall–Kier alpha value is -0.870. The molecule has 0 atom stereocenters. The van der Waals surface area contributed by atoms with E-state index < -0.39 is 23.4 Å². The lowest BCUT2D eigenvalue weighted by Gasteiger charge is -2.05. The topological polar surface area (TPSA) is 17.1 Å². The standard InChI is InChI=1S/C7H8F4O/c1-3-5(12)4(2)6(8)7(9,10)11/h3H2,1-2H3. The third-order valence-corrected chi connectivity index (χ3v) is 1.32. The van der Waals surface area contributed by atoms with Gasteiger partial charge in [-0.25, -0.2) is 4.39 Å². The van der Waals surface area contributed by atoms with Crippen molar-refractivity contribution in [2.24, 2.45) is 0 Å². The Morgan fingerprint density at radius 1 is 1.33 bits per heavy atom. The van der Waals surface area contributed by atoms with E-state index in [9.17, 15) is 22.4 Å². The number of ketones is 1. The molecule has 0 rings (SSSR count). The van der Waals surface area contributed by atoms with Crippen molar-refractivity contribution in [3.05, 3.63) is 11.4 Å². The second kappa shape index (κ2) is 3.69. The molecule has 0 saturated heterocycles. The van der Waals surface area contributed by atoms with Crippen LogP contribution in [0.5, 0.6) is 0 Å². The van der Waals surface area contributed by atoms with Gasteiger partial charge in [-0.05, 0) is 6.92 Å². The molecular weight excluding hydrogens is 176 g/mol. The molecule has 0 unspecified atom stereocenters. The Balaban J connectivity index is 4.82. The SMILES string of the molecule is CCC(=O)C(C)=C(F)C(F)(F)F. The number of alkyl halides is 3. The maximum atomic E-state index is 12.3. The molecule has 0 spiro atoms. The van der Waals surface area contributed by atoms with Crippen molar-refractivity contribution >= 4 is 5.78 Å². The lowest BCUT2D eigenvalue weighted by molar-refractivity contribution is -0.120. The van der Waals surface area contributed by atoms with Crippen molar-refractivity contribution in [3.63, 3.8) is 0 Å². The van der Waals surface area contributed by atoms with Crippen molar-refractivity contribution in [1.82, 2.24) is 0 Å². The molecule has 0 aromatic heterocycles. The predicted molar refractivity (Wildman–Crippen MR) is 35.2 cm³/mol. The Bertz CT molecular complexity index is 214. The molecule has 5 heteroatoms. The molecule has 0 amide bonds. The van der Waals surface area contributed by atoms with Gasteiger partial charge in [0.25, 0.3) is 0 Å². The normalized spacial score (nSPS) is 14.2. The number of Topliss-reactive ketones (excluding diaryl/α,β-unsaturated/α-hetero) is 1. The van der Waals surface area contributed by atoms with E-state index in [2.05, 4.69) is 0 Å². The number of hydrogen-bond acceptors (Lipinski definition) is 1. The van der Waals surface area contributed by atoms with E-state index in [0.29, 0.717) is 0 Å². The van der Waals surface area contributed by atoms with Crippen molar-refractivity contribution in [2.75, 3.05) is 0 Å². The van der Waals surface area contributed by atoms with Gasteiger partial charge in [0.05, 0.1) is 0 Å². The fourth-order valence-electron chi connectivity index (χ4n) is 0.600. The maximum Gasteiger partial charge on any atom is 0.443 e. The number of carbonyl (C=O) groups excluding carboxylic acids is 1. The van der Waals surface area contributed by atoms with Gasteiger partial charge < -0.3 is 0 Å². The number of allylic oxidation sites excluding steroid dienone is 2. The van der Waals surface area contributed by atoms with Crippen molar-refractivity contribution < 1.29 is 22.4 Å². The largest absolute Gasteiger partial charge is 0.443 e. The Morgan fingerprint density at radius 3 is 2.00 bits per heavy atom. The lowest BCUT2D eigenvalue weighted by atomic mass is 10.1. The monoisotopic (exact) mass is 184 g/mol. The first-order chi connectivity index (χ1) is 5.30. The van der Waals surface area contributed by atoms with Gasteiger partial charge in [0.1, 0.15) is 0 Å². The van der Waals surface area contributed by atoms with Crippen LogP contribution >= 0.6 is 0 Å². The molecule has 0 aromatic carbocycles. The zero-order chi connectivity index (χ0) is 9.94. The highest BCUT2D eigenvalue weighted by molar-refractivity contribution is 5.95. The van der Waals surface area contributed by atoms with E-state index in [0.717, 1.165) is 6.92 Å². The van der Waals surface area contributed by atoms with Gasteiger partial charge in [-0.15, -0.1) is 0 Å². The van der Waals surface area contributed by atoms with E-state index in [1.54, 1.807) is 0 Å². The summed E-state index contributed by atoms with van der Waals surface area (Å²) in [6, 6.07) is 0. The van der Waals surface area contributed by atoms with Crippen LogP contribution in [-0.2, 0) is 4.79 Å². The summed E-state index contributed by atoms with van der Waals surface area (Å²) in [6.07, 6.45) is -5.18. The van der Waals surface area contributed by atoms with E-state index in [4.69, 9.17) is 0 Å².